The Balaban J connectivity index is 1.71. The van der Waals surface area contributed by atoms with Crippen LogP contribution >= 0.6 is 12.2 Å². The van der Waals surface area contributed by atoms with E-state index in [-0.39, 0.29) is 0 Å². The normalized spacial score (nSPS) is 14.5. The molecule has 0 saturated heterocycles. The topological polar surface area (TPSA) is 50.9 Å². The average Bonchev–Trinajstić information content (AvgIpc) is 3.29. The SMILES string of the molecule is Cc1ccc(-c2n[nH]c(=S)n2/N=C/c2cc(C)n(C3CC3)c2C)cc1. The third kappa shape index (κ3) is 2.98. The van der Waals surface area contributed by atoms with Crippen molar-refractivity contribution in [2.75, 3.05) is 0 Å². The summed E-state index contributed by atoms with van der Waals surface area (Å²) >= 11 is 5.36. The van der Waals surface area contributed by atoms with Crippen molar-refractivity contribution in [2.45, 2.75) is 39.7 Å². The first-order valence-electron chi connectivity index (χ1n) is 8.52. The molecule has 0 aliphatic heterocycles. The smallest absolute Gasteiger partial charge is 0.216 e. The van der Waals surface area contributed by atoms with E-state index in [4.69, 9.17) is 12.2 Å². The fourth-order valence-corrected chi connectivity index (χ4v) is 3.42. The van der Waals surface area contributed by atoms with Crippen molar-refractivity contribution in [1.29, 1.82) is 0 Å². The zero-order valence-electron chi connectivity index (χ0n) is 14.7. The zero-order chi connectivity index (χ0) is 17.6. The summed E-state index contributed by atoms with van der Waals surface area (Å²) in [5, 5.41) is 11.8. The van der Waals surface area contributed by atoms with Gasteiger partial charge in [0.15, 0.2) is 5.82 Å². The van der Waals surface area contributed by atoms with Crippen molar-refractivity contribution in [3.05, 3.63) is 57.6 Å². The van der Waals surface area contributed by atoms with Gasteiger partial charge in [-0.1, -0.05) is 29.8 Å². The first kappa shape index (κ1) is 16.0. The van der Waals surface area contributed by atoms with Gasteiger partial charge in [-0.25, -0.2) is 5.10 Å². The second kappa shape index (κ2) is 6.11. The van der Waals surface area contributed by atoms with E-state index >= 15 is 0 Å². The molecule has 1 N–H and O–H groups in total. The number of aromatic nitrogens is 4. The van der Waals surface area contributed by atoms with Gasteiger partial charge in [-0.2, -0.15) is 14.9 Å². The number of nitrogens with one attached hydrogen (secondary N) is 1. The van der Waals surface area contributed by atoms with Crippen LogP contribution in [0.3, 0.4) is 0 Å². The predicted molar refractivity (Wildman–Crippen MR) is 103 cm³/mol. The van der Waals surface area contributed by atoms with Gasteiger partial charge in [0.2, 0.25) is 4.77 Å². The van der Waals surface area contributed by atoms with Gasteiger partial charge in [-0.15, -0.1) is 0 Å². The zero-order valence-corrected chi connectivity index (χ0v) is 15.5. The Labute approximate surface area is 152 Å². The lowest BCUT2D eigenvalue weighted by molar-refractivity contribution is 0.699. The number of hydrogen-bond donors (Lipinski definition) is 1. The summed E-state index contributed by atoms with van der Waals surface area (Å²) in [5.74, 6) is 0.720. The van der Waals surface area contributed by atoms with Crippen molar-refractivity contribution in [3.63, 3.8) is 0 Å². The molecule has 6 heteroatoms. The monoisotopic (exact) mass is 351 g/mol. The van der Waals surface area contributed by atoms with Crippen LogP contribution in [0, 0.1) is 25.5 Å². The molecule has 2 aromatic heterocycles. The van der Waals surface area contributed by atoms with E-state index in [0.717, 1.165) is 17.0 Å². The molecule has 4 rings (SSSR count). The van der Waals surface area contributed by atoms with Gasteiger partial charge in [0, 0.05) is 28.6 Å². The molecule has 0 amide bonds. The minimum absolute atomic E-state index is 0.489. The Morgan fingerprint density at radius 1 is 1.20 bits per heavy atom. The van der Waals surface area contributed by atoms with E-state index in [2.05, 4.69) is 58.8 Å². The van der Waals surface area contributed by atoms with E-state index in [1.807, 2.05) is 18.3 Å². The molecule has 0 radical (unpaired) electrons. The molecule has 0 spiro atoms. The summed E-state index contributed by atoms with van der Waals surface area (Å²) in [7, 11) is 0. The maximum absolute atomic E-state index is 5.36. The van der Waals surface area contributed by atoms with Crippen molar-refractivity contribution in [3.8, 4) is 11.4 Å². The van der Waals surface area contributed by atoms with Crippen LogP contribution in [0.15, 0.2) is 35.4 Å². The molecule has 1 aromatic carbocycles. The number of hydrogen-bond acceptors (Lipinski definition) is 3. The number of benzene rings is 1. The number of nitrogens with zero attached hydrogens (tertiary/aromatic N) is 4. The molecule has 0 unspecified atom stereocenters. The number of rotatable bonds is 4. The van der Waals surface area contributed by atoms with Gasteiger partial charge in [0.25, 0.3) is 0 Å². The lowest BCUT2D eigenvalue weighted by Crippen LogP contribution is -2.00. The second-order valence-corrected chi connectivity index (χ2v) is 7.09. The van der Waals surface area contributed by atoms with E-state index in [1.54, 1.807) is 4.68 Å². The summed E-state index contributed by atoms with van der Waals surface area (Å²) < 4.78 is 4.59. The molecule has 0 atom stereocenters. The third-order valence-corrected chi connectivity index (χ3v) is 4.97. The molecular formula is C19H21N5S. The number of H-pyrrole nitrogens is 1. The molecule has 128 valence electrons. The Bertz CT molecular complexity index is 1000. The van der Waals surface area contributed by atoms with Gasteiger partial charge >= 0.3 is 0 Å². The van der Waals surface area contributed by atoms with Crippen LogP contribution in [0.5, 0.6) is 0 Å². The third-order valence-electron chi connectivity index (χ3n) is 4.71. The van der Waals surface area contributed by atoms with Crippen LogP contribution in [0.1, 0.15) is 41.4 Å². The highest BCUT2D eigenvalue weighted by atomic mass is 32.1. The summed E-state index contributed by atoms with van der Waals surface area (Å²) in [6, 6.07) is 11.0. The van der Waals surface area contributed by atoms with Crippen molar-refractivity contribution < 1.29 is 0 Å². The summed E-state index contributed by atoms with van der Waals surface area (Å²) in [6.07, 6.45) is 4.43. The quantitative estimate of drug-likeness (QED) is 0.554. The fraction of sp³-hybridized carbons (Fsp3) is 0.316. The molecule has 1 aliphatic carbocycles. The Hall–Kier alpha value is -2.47. The Morgan fingerprint density at radius 2 is 1.92 bits per heavy atom. The van der Waals surface area contributed by atoms with E-state index < -0.39 is 0 Å². The van der Waals surface area contributed by atoms with Gasteiger partial charge in [0.1, 0.15) is 0 Å². The highest BCUT2D eigenvalue weighted by molar-refractivity contribution is 7.71. The van der Waals surface area contributed by atoms with Gasteiger partial charge in [-0.3, -0.25) is 0 Å². The number of aryl methyl sites for hydroxylation is 2. The van der Waals surface area contributed by atoms with Crippen LogP contribution < -0.4 is 0 Å². The minimum Gasteiger partial charge on any atom is -0.345 e. The molecule has 25 heavy (non-hydrogen) atoms. The molecular weight excluding hydrogens is 330 g/mol. The Morgan fingerprint density at radius 3 is 2.60 bits per heavy atom. The van der Waals surface area contributed by atoms with Crippen molar-refractivity contribution in [1.82, 2.24) is 19.4 Å². The van der Waals surface area contributed by atoms with E-state index in [9.17, 15) is 0 Å². The van der Waals surface area contributed by atoms with Gasteiger partial charge in [0.05, 0.1) is 6.21 Å². The molecule has 0 bridgehead atoms. The molecule has 1 saturated carbocycles. The first-order valence-corrected chi connectivity index (χ1v) is 8.92. The molecule has 5 nitrogen and oxygen atoms in total. The molecule has 3 aromatic rings. The lowest BCUT2D eigenvalue weighted by atomic mass is 10.1. The van der Waals surface area contributed by atoms with Crippen LogP contribution in [-0.4, -0.2) is 25.7 Å². The molecule has 1 fully saturated rings. The fourth-order valence-electron chi connectivity index (χ4n) is 3.24. The maximum atomic E-state index is 5.36. The lowest BCUT2D eigenvalue weighted by Gasteiger charge is -2.06. The number of aromatic amines is 1. The minimum atomic E-state index is 0.489. The van der Waals surface area contributed by atoms with Crippen LogP contribution in [0.25, 0.3) is 11.4 Å². The van der Waals surface area contributed by atoms with Crippen LogP contribution in [0.4, 0.5) is 0 Å². The van der Waals surface area contributed by atoms with Crippen molar-refractivity contribution in [2.24, 2.45) is 5.10 Å². The van der Waals surface area contributed by atoms with E-state index in [0.29, 0.717) is 10.8 Å². The first-order chi connectivity index (χ1) is 12.0. The van der Waals surface area contributed by atoms with Crippen LogP contribution in [-0.2, 0) is 0 Å². The van der Waals surface area contributed by atoms with Gasteiger partial charge < -0.3 is 4.57 Å². The molecule has 2 heterocycles. The largest absolute Gasteiger partial charge is 0.345 e. The standard InChI is InChI=1S/C19H21N5S/c1-12-4-6-15(7-5-12)18-21-22-19(25)24(18)20-11-16-10-13(2)23(14(16)3)17-8-9-17/h4-7,10-11,17H,8-9H2,1-3H3,(H,22,25)/b20-11+. The maximum Gasteiger partial charge on any atom is 0.216 e. The van der Waals surface area contributed by atoms with E-state index in [1.165, 1.54) is 29.8 Å². The average molecular weight is 351 g/mol. The Kier molecular flexibility index (Phi) is 3.92. The molecule has 1 aliphatic rings. The summed E-state index contributed by atoms with van der Waals surface area (Å²) in [4.78, 5) is 0. The van der Waals surface area contributed by atoms with Crippen molar-refractivity contribution >= 4 is 18.4 Å². The predicted octanol–water partition coefficient (Wildman–Crippen LogP) is 4.55. The highest BCUT2D eigenvalue weighted by Crippen LogP contribution is 2.38. The summed E-state index contributed by atoms with van der Waals surface area (Å²) in [5.41, 5.74) is 5.87. The summed E-state index contributed by atoms with van der Waals surface area (Å²) in [6.45, 7) is 6.38. The second-order valence-electron chi connectivity index (χ2n) is 6.70. The highest BCUT2D eigenvalue weighted by Gasteiger charge is 2.26. The van der Waals surface area contributed by atoms with Gasteiger partial charge in [-0.05, 0) is 51.9 Å². The van der Waals surface area contributed by atoms with Crippen LogP contribution in [0.2, 0.25) is 0 Å².